The van der Waals surface area contributed by atoms with Gasteiger partial charge in [0.1, 0.15) is 17.6 Å². The van der Waals surface area contributed by atoms with Gasteiger partial charge in [-0.3, -0.25) is 15.3 Å². The highest BCUT2D eigenvalue weighted by atomic mass is 79.9. The van der Waals surface area contributed by atoms with Crippen LogP contribution in [0.15, 0.2) is 89.4 Å². The molecule has 3 aromatic carbocycles. The number of rotatable bonds is 10. The number of phenolic OH excluding ortho intramolecular Hbond substituents is 1. The molecular weight excluding hydrogens is 528 g/mol. The van der Waals surface area contributed by atoms with E-state index in [0.29, 0.717) is 34.3 Å². The maximum atomic E-state index is 12.9. The Hall–Kier alpha value is -3.82. The zero-order valence-electron chi connectivity index (χ0n) is 19.6. The fourth-order valence-electron chi connectivity index (χ4n) is 3.43. The van der Waals surface area contributed by atoms with Crippen LogP contribution in [0.3, 0.4) is 0 Å². The highest BCUT2D eigenvalue weighted by Crippen LogP contribution is 2.35. The van der Waals surface area contributed by atoms with Gasteiger partial charge in [0.25, 0.3) is 5.91 Å². The van der Waals surface area contributed by atoms with E-state index < -0.39 is 24.2 Å². The topological polar surface area (TPSA) is 117 Å². The van der Waals surface area contributed by atoms with Crippen molar-refractivity contribution in [3.8, 4) is 11.5 Å². The van der Waals surface area contributed by atoms with Crippen molar-refractivity contribution in [1.29, 1.82) is 0 Å². The summed E-state index contributed by atoms with van der Waals surface area (Å²) < 4.78 is 12.7. The third kappa shape index (κ3) is 8.14. The first-order valence-corrected chi connectivity index (χ1v) is 12.0. The van der Waals surface area contributed by atoms with Crippen molar-refractivity contribution in [2.45, 2.75) is 32.0 Å². The molecule has 2 amide bonds. The minimum absolute atomic E-state index is 0.0665. The van der Waals surface area contributed by atoms with Gasteiger partial charge in [0.05, 0.1) is 0 Å². The predicted octanol–water partition coefficient (Wildman–Crippen LogP) is 6.04. The summed E-state index contributed by atoms with van der Waals surface area (Å²) in [4.78, 5) is 24.2. The van der Waals surface area contributed by atoms with E-state index in [4.69, 9.17) is 14.7 Å². The number of hydrogen-bond donors (Lipinski definition) is 4. The second-order valence-corrected chi connectivity index (χ2v) is 8.86. The van der Waals surface area contributed by atoms with E-state index in [1.165, 1.54) is 17.6 Å². The van der Waals surface area contributed by atoms with Gasteiger partial charge in [-0.2, -0.15) is 0 Å². The van der Waals surface area contributed by atoms with E-state index in [9.17, 15) is 14.7 Å². The van der Waals surface area contributed by atoms with Crippen LogP contribution in [0.2, 0.25) is 0 Å². The van der Waals surface area contributed by atoms with E-state index in [-0.39, 0.29) is 5.75 Å². The fourth-order valence-corrected chi connectivity index (χ4v) is 3.81. The highest BCUT2D eigenvalue weighted by molar-refractivity contribution is 9.10. The molecule has 0 spiro atoms. The summed E-state index contributed by atoms with van der Waals surface area (Å²) in [6.07, 6.45) is 0.969. The molecule has 0 saturated heterocycles. The Bertz CT molecular complexity index is 1180. The first kappa shape index (κ1) is 26.8. The molecular formula is C27H27BrN2O6. The molecule has 0 fully saturated rings. The molecule has 0 saturated carbocycles. The van der Waals surface area contributed by atoms with E-state index in [1.807, 2.05) is 37.3 Å². The molecule has 0 aromatic heterocycles. The van der Waals surface area contributed by atoms with Crippen LogP contribution in [0.5, 0.6) is 11.5 Å². The van der Waals surface area contributed by atoms with Gasteiger partial charge >= 0.3 is 6.09 Å². The number of nitrogens with one attached hydrogen (secondary N) is 2. The lowest BCUT2D eigenvalue weighted by Gasteiger charge is -2.28. The number of amides is 2. The quantitative estimate of drug-likeness (QED) is 0.138. The lowest BCUT2D eigenvalue weighted by atomic mass is 9.99. The Kier molecular flexibility index (Phi) is 9.91. The number of ether oxygens (including phenoxy) is 2. The van der Waals surface area contributed by atoms with E-state index in [2.05, 4.69) is 21.2 Å². The third-order valence-corrected chi connectivity index (χ3v) is 5.69. The Labute approximate surface area is 217 Å². The Morgan fingerprint density at radius 2 is 1.78 bits per heavy atom. The van der Waals surface area contributed by atoms with Crippen molar-refractivity contribution in [1.82, 2.24) is 5.48 Å². The van der Waals surface area contributed by atoms with E-state index in [0.717, 1.165) is 5.56 Å². The molecule has 0 aliphatic heterocycles. The van der Waals surface area contributed by atoms with Gasteiger partial charge in [-0.25, -0.2) is 10.3 Å². The Balaban J connectivity index is 1.91. The van der Waals surface area contributed by atoms with Crippen LogP contribution in [0.4, 0.5) is 10.5 Å². The summed E-state index contributed by atoms with van der Waals surface area (Å²) in [5, 5.41) is 22.0. The van der Waals surface area contributed by atoms with Crippen molar-refractivity contribution in [2.24, 2.45) is 0 Å². The maximum Gasteiger partial charge on any atom is 0.412 e. The molecule has 36 heavy (non-hydrogen) atoms. The number of carbonyl (C=O) groups is 2. The summed E-state index contributed by atoms with van der Waals surface area (Å²) in [7, 11) is 0. The van der Waals surface area contributed by atoms with E-state index >= 15 is 0 Å². The van der Waals surface area contributed by atoms with Gasteiger partial charge in [0, 0.05) is 21.8 Å². The van der Waals surface area contributed by atoms with Crippen molar-refractivity contribution >= 4 is 33.6 Å². The second-order valence-electron chi connectivity index (χ2n) is 7.95. The van der Waals surface area contributed by atoms with Crippen LogP contribution < -0.4 is 15.5 Å². The largest absolute Gasteiger partial charge is 0.508 e. The number of para-hydroxylation sites is 1. The molecule has 8 nitrogen and oxygen atoms in total. The second kappa shape index (κ2) is 13.3. The molecule has 2 atom stereocenters. The number of carbonyl (C=O) groups excluding carboxylic acids is 2. The zero-order valence-corrected chi connectivity index (χ0v) is 21.1. The van der Waals surface area contributed by atoms with Gasteiger partial charge in [-0.1, -0.05) is 57.9 Å². The minimum Gasteiger partial charge on any atom is -0.508 e. The first-order valence-electron chi connectivity index (χ1n) is 11.2. The van der Waals surface area contributed by atoms with Gasteiger partial charge in [-0.05, 0) is 62.2 Å². The number of anilines is 1. The lowest BCUT2D eigenvalue weighted by molar-refractivity contribution is -0.124. The molecule has 0 bridgehead atoms. The first-order chi connectivity index (χ1) is 17.4. The molecule has 9 heteroatoms. The van der Waals surface area contributed by atoms with Crippen LogP contribution in [-0.4, -0.2) is 28.4 Å². The SMILES string of the molecule is Cc1ccc(NC(=O)O[C@@H](c2cc(Br)ccc2O)[C@H](CC/C=C/C(=O)NO)Oc2ccccc2)cc1. The van der Waals surface area contributed by atoms with Gasteiger partial charge in [-0.15, -0.1) is 0 Å². The van der Waals surface area contributed by atoms with E-state index in [1.54, 1.807) is 42.5 Å². The number of aryl methyl sites for hydroxylation is 1. The van der Waals surface area contributed by atoms with Crippen molar-refractivity contribution in [3.63, 3.8) is 0 Å². The number of phenols is 1. The van der Waals surface area contributed by atoms with Gasteiger partial charge < -0.3 is 14.6 Å². The Morgan fingerprint density at radius 3 is 2.47 bits per heavy atom. The summed E-state index contributed by atoms with van der Waals surface area (Å²) in [6, 6.07) is 21.1. The predicted molar refractivity (Wildman–Crippen MR) is 139 cm³/mol. The molecule has 3 aromatic rings. The van der Waals surface area contributed by atoms with Crippen molar-refractivity contribution < 1.29 is 29.4 Å². The van der Waals surface area contributed by atoms with Gasteiger partial charge in [0.15, 0.2) is 6.10 Å². The smallest absolute Gasteiger partial charge is 0.412 e. The van der Waals surface area contributed by atoms with Crippen LogP contribution in [0.1, 0.15) is 30.1 Å². The third-order valence-electron chi connectivity index (χ3n) is 5.19. The summed E-state index contributed by atoms with van der Waals surface area (Å²) in [5.41, 5.74) is 3.49. The van der Waals surface area contributed by atoms with Gasteiger partial charge in [0.2, 0.25) is 0 Å². The van der Waals surface area contributed by atoms with Crippen LogP contribution in [0.25, 0.3) is 0 Å². The maximum absolute atomic E-state index is 12.9. The molecule has 0 radical (unpaired) electrons. The molecule has 0 heterocycles. The number of aromatic hydroxyl groups is 1. The normalized spacial score (nSPS) is 12.5. The molecule has 188 valence electrons. The Morgan fingerprint density at radius 1 is 1.06 bits per heavy atom. The summed E-state index contributed by atoms with van der Waals surface area (Å²) >= 11 is 3.41. The standard InChI is InChI=1S/C27H27BrN2O6/c1-18-11-14-20(15-12-18)29-27(33)36-26(22-17-19(28)13-16-23(22)31)24(9-5-6-10-25(32)30-34)35-21-7-3-2-4-8-21/h2-4,6-8,10-17,24,26,31,34H,5,9H2,1H3,(H,29,33)(H,30,32)/b10-6+/t24-,26-/m0/s1. The number of hydrogen-bond acceptors (Lipinski definition) is 6. The molecule has 0 aliphatic carbocycles. The number of hydroxylamine groups is 1. The van der Waals surface area contributed by atoms with Crippen LogP contribution >= 0.6 is 15.9 Å². The molecule has 4 N–H and O–H groups in total. The van der Waals surface area contributed by atoms with Crippen molar-refractivity contribution in [3.05, 3.63) is 101 Å². The minimum atomic E-state index is -1.01. The number of benzene rings is 3. The number of allylic oxidation sites excluding steroid dienone is 1. The fraction of sp³-hybridized carbons (Fsp3) is 0.185. The highest BCUT2D eigenvalue weighted by Gasteiger charge is 2.31. The van der Waals surface area contributed by atoms with Crippen LogP contribution in [0, 0.1) is 6.92 Å². The molecule has 3 rings (SSSR count). The average Bonchev–Trinajstić information content (AvgIpc) is 2.88. The van der Waals surface area contributed by atoms with Crippen molar-refractivity contribution in [2.75, 3.05) is 5.32 Å². The van der Waals surface area contributed by atoms with Crippen LogP contribution in [-0.2, 0) is 9.53 Å². The zero-order chi connectivity index (χ0) is 25.9. The molecule has 0 aliphatic rings. The average molecular weight is 555 g/mol. The lowest BCUT2D eigenvalue weighted by Crippen LogP contribution is -2.31. The molecule has 0 unspecified atom stereocenters. The number of halogens is 1. The summed E-state index contributed by atoms with van der Waals surface area (Å²) in [5.74, 6) is -0.185. The monoisotopic (exact) mass is 554 g/mol. The summed E-state index contributed by atoms with van der Waals surface area (Å²) in [6.45, 7) is 1.94.